The third-order valence-electron chi connectivity index (χ3n) is 7.97. The Bertz CT molecular complexity index is 416. The number of carboxylic acids is 1. The number of rotatable bonds is 29. The monoisotopic (exact) mass is 496 g/mol. The number of quaternary nitrogens is 1. The molecule has 0 rings (SSSR count). The van der Waals surface area contributed by atoms with Gasteiger partial charge in [-0.2, -0.15) is 0 Å². The van der Waals surface area contributed by atoms with Gasteiger partial charge in [-0.05, 0) is 44.9 Å². The average molecular weight is 496 g/mol. The van der Waals surface area contributed by atoms with E-state index in [1.54, 1.807) is 0 Å². The lowest BCUT2D eigenvalue weighted by molar-refractivity contribution is -0.929. The van der Waals surface area contributed by atoms with Crippen LogP contribution in [0.15, 0.2) is 0 Å². The van der Waals surface area contributed by atoms with Crippen LogP contribution in [0.2, 0.25) is 0 Å². The smallest absolute Gasteiger partial charge is 0.0786 e. The fourth-order valence-electron chi connectivity index (χ4n) is 5.52. The summed E-state index contributed by atoms with van der Waals surface area (Å²) in [5.41, 5.74) is 0. The van der Waals surface area contributed by atoms with E-state index in [0.717, 1.165) is 12.8 Å². The molecule has 0 aromatic heterocycles. The van der Waals surface area contributed by atoms with Crippen molar-refractivity contribution in [1.82, 2.24) is 0 Å². The van der Waals surface area contributed by atoms with Crippen molar-refractivity contribution in [2.75, 3.05) is 26.2 Å². The topological polar surface area (TPSA) is 40.1 Å². The fourth-order valence-corrected chi connectivity index (χ4v) is 5.52. The molecule has 0 aliphatic rings. The van der Waals surface area contributed by atoms with Gasteiger partial charge >= 0.3 is 0 Å². The van der Waals surface area contributed by atoms with Gasteiger partial charge in [-0.25, -0.2) is 0 Å². The molecule has 0 atom stereocenters. The molecule has 0 amide bonds. The lowest BCUT2D eigenvalue weighted by atomic mass is 10.0. The standard InChI is InChI=1S/C32H65NO2/c1-4-7-28-33(29-8-5-2,30-9-6-3)31-26-24-22-20-18-16-14-12-10-11-13-15-17-19-21-23-25-27-32(34)35/h4-31H2,1-3H3. The zero-order valence-corrected chi connectivity index (χ0v) is 24.6. The van der Waals surface area contributed by atoms with Crippen molar-refractivity contribution in [3.05, 3.63) is 0 Å². The molecule has 0 unspecified atom stereocenters. The van der Waals surface area contributed by atoms with Gasteiger partial charge < -0.3 is 14.4 Å². The predicted octanol–water partition coefficient (Wildman–Crippen LogP) is 8.98. The molecular formula is C32H65NO2. The van der Waals surface area contributed by atoms with E-state index in [-0.39, 0.29) is 6.42 Å². The molecule has 0 aromatic rings. The molecule has 35 heavy (non-hydrogen) atoms. The molecule has 3 nitrogen and oxygen atoms in total. The molecule has 0 saturated carbocycles. The van der Waals surface area contributed by atoms with E-state index in [9.17, 15) is 9.90 Å². The summed E-state index contributed by atoms with van der Waals surface area (Å²) in [6, 6.07) is 0. The molecule has 3 heteroatoms. The van der Waals surface area contributed by atoms with Crippen molar-refractivity contribution >= 4 is 5.97 Å². The number of unbranched alkanes of at least 4 members (excludes halogenated alkanes) is 19. The summed E-state index contributed by atoms with van der Waals surface area (Å²) in [6.45, 7) is 12.7. The third kappa shape index (κ3) is 23.6. The number of carbonyl (C=O) groups is 1. The summed E-state index contributed by atoms with van der Waals surface area (Å²) >= 11 is 0. The molecule has 0 bridgehead atoms. The molecule has 0 spiro atoms. The van der Waals surface area contributed by atoms with Crippen molar-refractivity contribution in [1.29, 1.82) is 0 Å². The lowest BCUT2D eigenvalue weighted by Gasteiger charge is -2.39. The number of hydrogen-bond acceptors (Lipinski definition) is 2. The Labute approximate surface area is 221 Å². The third-order valence-corrected chi connectivity index (χ3v) is 7.97. The van der Waals surface area contributed by atoms with Crippen molar-refractivity contribution in [3.63, 3.8) is 0 Å². The van der Waals surface area contributed by atoms with Gasteiger partial charge in [0.15, 0.2) is 0 Å². The first-order valence-electron chi connectivity index (χ1n) is 16.1. The van der Waals surface area contributed by atoms with E-state index in [4.69, 9.17) is 0 Å². The van der Waals surface area contributed by atoms with Crippen molar-refractivity contribution in [3.8, 4) is 0 Å². The molecule has 0 heterocycles. The Balaban J connectivity index is 3.59. The van der Waals surface area contributed by atoms with Gasteiger partial charge in [0, 0.05) is 5.97 Å². The van der Waals surface area contributed by atoms with Gasteiger partial charge in [0.05, 0.1) is 26.2 Å². The van der Waals surface area contributed by atoms with Crippen molar-refractivity contribution in [2.45, 2.75) is 175 Å². The fraction of sp³-hybridized carbons (Fsp3) is 0.969. The summed E-state index contributed by atoms with van der Waals surface area (Å²) in [5, 5.41) is 10.4. The van der Waals surface area contributed by atoms with Crippen LogP contribution in [0.5, 0.6) is 0 Å². The van der Waals surface area contributed by atoms with Gasteiger partial charge in [0.25, 0.3) is 0 Å². The molecule has 0 fully saturated rings. The van der Waals surface area contributed by atoms with Gasteiger partial charge in [-0.1, -0.05) is 130 Å². The highest BCUT2D eigenvalue weighted by molar-refractivity contribution is 5.64. The van der Waals surface area contributed by atoms with Crippen LogP contribution in [0.4, 0.5) is 0 Å². The zero-order chi connectivity index (χ0) is 25.9. The van der Waals surface area contributed by atoms with Crippen LogP contribution in [0.3, 0.4) is 0 Å². The lowest BCUT2D eigenvalue weighted by Crippen LogP contribution is -2.50. The maximum atomic E-state index is 10.4. The first kappa shape index (κ1) is 34.4. The van der Waals surface area contributed by atoms with E-state index in [1.165, 1.54) is 165 Å². The van der Waals surface area contributed by atoms with Crippen LogP contribution in [-0.4, -0.2) is 36.6 Å². The Hall–Kier alpha value is -0.570. The minimum absolute atomic E-state index is 0.234. The first-order valence-corrected chi connectivity index (χ1v) is 16.1. The molecule has 0 aromatic carbocycles. The first-order chi connectivity index (χ1) is 17.1. The molecule has 0 N–H and O–H groups in total. The zero-order valence-electron chi connectivity index (χ0n) is 24.6. The maximum absolute atomic E-state index is 10.4. The highest BCUT2D eigenvalue weighted by Gasteiger charge is 2.24. The number of carboxylic acid groups (broad SMARTS) is 1. The minimum Gasteiger partial charge on any atom is -0.550 e. The number of aliphatic carboxylic acids is 1. The van der Waals surface area contributed by atoms with E-state index >= 15 is 0 Å². The van der Waals surface area contributed by atoms with Crippen LogP contribution in [0.25, 0.3) is 0 Å². The Morgan fingerprint density at radius 2 is 0.686 bits per heavy atom. The molecule has 0 aliphatic carbocycles. The van der Waals surface area contributed by atoms with E-state index in [1.807, 2.05) is 0 Å². The van der Waals surface area contributed by atoms with Crippen molar-refractivity contribution in [2.24, 2.45) is 0 Å². The van der Waals surface area contributed by atoms with Crippen LogP contribution >= 0.6 is 0 Å². The second kappa shape index (κ2) is 26.5. The molecule has 0 aliphatic heterocycles. The largest absolute Gasteiger partial charge is 0.550 e. The summed E-state index contributed by atoms with van der Waals surface area (Å²) in [4.78, 5) is 10.4. The SMILES string of the molecule is CCCC[N+](CCCC)(CCCC)CCCCCCCCCCCCCCCCCCCC(=O)[O-]. The number of hydrogen-bond donors (Lipinski definition) is 0. The average Bonchev–Trinajstić information content (AvgIpc) is 2.85. The van der Waals surface area contributed by atoms with Crippen LogP contribution < -0.4 is 5.11 Å². The molecule has 0 radical (unpaired) electrons. The highest BCUT2D eigenvalue weighted by atomic mass is 16.4. The Kier molecular flexibility index (Phi) is 26.1. The van der Waals surface area contributed by atoms with Crippen LogP contribution in [0.1, 0.15) is 175 Å². The van der Waals surface area contributed by atoms with Crippen LogP contribution in [-0.2, 0) is 4.79 Å². The quantitative estimate of drug-likeness (QED) is 0.0767. The van der Waals surface area contributed by atoms with E-state index in [0.29, 0.717) is 0 Å². The van der Waals surface area contributed by atoms with Crippen LogP contribution in [0, 0.1) is 0 Å². The highest BCUT2D eigenvalue weighted by Crippen LogP contribution is 2.18. The van der Waals surface area contributed by atoms with E-state index in [2.05, 4.69) is 20.8 Å². The molecule has 210 valence electrons. The summed E-state index contributed by atoms with van der Waals surface area (Å²) < 4.78 is 1.42. The van der Waals surface area contributed by atoms with Gasteiger partial charge in [-0.3, -0.25) is 0 Å². The summed E-state index contributed by atoms with van der Waals surface area (Å²) in [6.07, 6.45) is 31.2. The van der Waals surface area contributed by atoms with Gasteiger partial charge in [0.1, 0.15) is 0 Å². The second-order valence-corrected chi connectivity index (χ2v) is 11.4. The predicted molar refractivity (Wildman–Crippen MR) is 153 cm³/mol. The Morgan fingerprint density at radius 1 is 0.429 bits per heavy atom. The number of carbonyl (C=O) groups excluding carboxylic acids is 1. The van der Waals surface area contributed by atoms with Crippen molar-refractivity contribution < 1.29 is 14.4 Å². The van der Waals surface area contributed by atoms with E-state index < -0.39 is 5.97 Å². The van der Waals surface area contributed by atoms with Gasteiger partial charge in [-0.15, -0.1) is 0 Å². The van der Waals surface area contributed by atoms with Gasteiger partial charge in [0.2, 0.25) is 0 Å². The minimum atomic E-state index is -0.899. The Morgan fingerprint density at radius 3 is 0.971 bits per heavy atom. The molecule has 0 saturated heterocycles. The molecular weight excluding hydrogens is 430 g/mol. The maximum Gasteiger partial charge on any atom is 0.0786 e. The number of nitrogens with zero attached hydrogens (tertiary/aromatic N) is 1. The summed E-state index contributed by atoms with van der Waals surface area (Å²) in [7, 11) is 0. The normalized spacial score (nSPS) is 11.9. The second-order valence-electron chi connectivity index (χ2n) is 11.4. The summed E-state index contributed by atoms with van der Waals surface area (Å²) in [5.74, 6) is -0.899.